The molecule has 0 saturated carbocycles. The number of carbonyl (C=O) groups is 1. The number of hydrogen-bond donors (Lipinski definition) is 2. The number of hydrogen-bond acceptors (Lipinski definition) is 3. The Kier molecular flexibility index (Phi) is 6.70. The Balaban J connectivity index is 1.59. The summed E-state index contributed by atoms with van der Waals surface area (Å²) in [4.78, 5) is 14.3. The van der Waals surface area contributed by atoms with Gasteiger partial charge in [0.25, 0.3) is 0 Å². The predicted molar refractivity (Wildman–Crippen MR) is 111 cm³/mol. The molecule has 0 bridgehead atoms. The number of aliphatic hydroxyl groups is 1. The van der Waals surface area contributed by atoms with Crippen molar-refractivity contribution in [1.82, 2.24) is 10.2 Å². The average molecular weight is 383 g/mol. The van der Waals surface area contributed by atoms with Crippen molar-refractivity contribution >= 4 is 6.03 Å². The maximum atomic E-state index is 12.6. The molecule has 0 aliphatic carbocycles. The summed E-state index contributed by atoms with van der Waals surface area (Å²) in [5, 5.41) is 12.9. The smallest absolute Gasteiger partial charge is 0.317 e. The van der Waals surface area contributed by atoms with E-state index >= 15 is 0 Å². The second kappa shape index (κ2) is 9.22. The van der Waals surface area contributed by atoms with Gasteiger partial charge in [0.05, 0.1) is 12.6 Å². The summed E-state index contributed by atoms with van der Waals surface area (Å²) >= 11 is 0. The molecule has 3 rings (SSSR count). The zero-order chi connectivity index (χ0) is 20.0. The molecule has 1 saturated heterocycles. The van der Waals surface area contributed by atoms with Crippen LogP contribution >= 0.6 is 0 Å². The number of nitrogens with zero attached hydrogens (tertiary/aromatic N) is 1. The highest BCUT2D eigenvalue weighted by Crippen LogP contribution is 2.31. The SMILES string of the molecule is C[C@H](NC(=O)N(C)CC1(CO)CCOCC1)c1ccc(-c2ccccc2)cc1. The Hall–Kier alpha value is -2.37. The lowest BCUT2D eigenvalue weighted by Crippen LogP contribution is -2.47. The molecule has 1 aliphatic heterocycles. The van der Waals surface area contributed by atoms with Gasteiger partial charge in [-0.15, -0.1) is 0 Å². The van der Waals surface area contributed by atoms with Crippen LogP contribution in [0.25, 0.3) is 11.1 Å². The van der Waals surface area contributed by atoms with Crippen molar-refractivity contribution < 1.29 is 14.6 Å². The van der Waals surface area contributed by atoms with Crippen LogP contribution in [-0.2, 0) is 4.74 Å². The van der Waals surface area contributed by atoms with Crippen molar-refractivity contribution in [1.29, 1.82) is 0 Å². The standard InChI is InChI=1S/C23H30N2O3/c1-18(19-8-10-21(11-9-19)20-6-4-3-5-7-20)24-22(27)25(2)16-23(17-26)12-14-28-15-13-23/h3-11,18,26H,12-17H2,1-2H3,(H,24,27)/t18-/m0/s1. The Bertz CT molecular complexity index is 755. The lowest BCUT2D eigenvalue weighted by Gasteiger charge is -2.38. The maximum absolute atomic E-state index is 12.6. The molecule has 2 aromatic carbocycles. The monoisotopic (exact) mass is 382 g/mol. The van der Waals surface area contributed by atoms with E-state index in [-0.39, 0.29) is 24.1 Å². The third kappa shape index (κ3) is 4.91. The predicted octanol–water partition coefficient (Wildman–Crippen LogP) is 3.85. The van der Waals surface area contributed by atoms with Crippen LogP contribution in [0, 0.1) is 5.41 Å². The van der Waals surface area contributed by atoms with Crippen LogP contribution in [0.5, 0.6) is 0 Å². The first kappa shape index (κ1) is 20.4. The molecular formula is C23H30N2O3. The van der Waals surface area contributed by atoms with Crippen LogP contribution in [0.4, 0.5) is 4.79 Å². The minimum absolute atomic E-state index is 0.0739. The Morgan fingerprint density at radius 2 is 1.71 bits per heavy atom. The van der Waals surface area contributed by atoms with Gasteiger partial charge in [-0.1, -0.05) is 54.6 Å². The van der Waals surface area contributed by atoms with Crippen LogP contribution < -0.4 is 5.32 Å². The zero-order valence-corrected chi connectivity index (χ0v) is 16.7. The molecule has 0 radical (unpaired) electrons. The summed E-state index contributed by atoms with van der Waals surface area (Å²) in [6.07, 6.45) is 1.55. The molecule has 150 valence electrons. The number of benzene rings is 2. The van der Waals surface area contributed by atoms with Gasteiger partial charge < -0.3 is 20.1 Å². The molecule has 1 fully saturated rings. The van der Waals surface area contributed by atoms with Gasteiger partial charge in [-0.2, -0.15) is 0 Å². The van der Waals surface area contributed by atoms with E-state index in [2.05, 4.69) is 41.7 Å². The summed E-state index contributed by atoms with van der Waals surface area (Å²) in [5.74, 6) is 0. The van der Waals surface area contributed by atoms with Gasteiger partial charge in [-0.05, 0) is 36.5 Å². The van der Waals surface area contributed by atoms with Crippen LogP contribution in [0.3, 0.4) is 0 Å². The number of urea groups is 1. The summed E-state index contributed by atoms with van der Waals surface area (Å²) < 4.78 is 5.40. The van der Waals surface area contributed by atoms with Gasteiger partial charge in [-0.3, -0.25) is 0 Å². The highest BCUT2D eigenvalue weighted by atomic mass is 16.5. The molecule has 5 nitrogen and oxygen atoms in total. The zero-order valence-electron chi connectivity index (χ0n) is 16.7. The molecule has 5 heteroatoms. The van der Waals surface area contributed by atoms with Crippen LogP contribution in [0.2, 0.25) is 0 Å². The molecule has 1 atom stereocenters. The maximum Gasteiger partial charge on any atom is 0.317 e. The number of nitrogens with one attached hydrogen (secondary N) is 1. The molecule has 28 heavy (non-hydrogen) atoms. The quantitative estimate of drug-likeness (QED) is 0.798. The summed E-state index contributed by atoms with van der Waals surface area (Å²) in [5.41, 5.74) is 3.13. The second-order valence-electron chi connectivity index (χ2n) is 7.79. The fourth-order valence-electron chi connectivity index (χ4n) is 3.72. The van der Waals surface area contributed by atoms with Crippen molar-refractivity contribution in [3.8, 4) is 11.1 Å². The molecule has 1 heterocycles. The van der Waals surface area contributed by atoms with Crippen molar-refractivity contribution in [3.05, 3.63) is 60.2 Å². The van der Waals surface area contributed by atoms with E-state index in [0.717, 1.165) is 24.0 Å². The van der Waals surface area contributed by atoms with Gasteiger partial charge in [0.2, 0.25) is 0 Å². The molecule has 0 unspecified atom stereocenters. The average Bonchev–Trinajstić information content (AvgIpc) is 2.75. The van der Waals surface area contributed by atoms with Crippen molar-refractivity contribution in [2.45, 2.75) is 25.8 Å². The minimum atomic E-state index is -0.259. The first-order chi connectivity index (χ1) is 13.5. The third-order valence-corrected chi connectivity index (χ3v) is 5.67. The number of rotatable bonds is 6. The van der Waals surface area contributed by atoms with Gasteiger partial charge in [0.15, 0.2) is 0 Å². The lowest BCUT2D eigenvalue weighted by atomic mass is 9.80. The van der Waals surface area contributed by atoms with Crippen LogP contribution in [-0.4, -0.2) is 49.5 Å². The Morgan fingerprint density at radius 3 is 2.32 bits per heavy atom. The minimum Gasteiger partial charge on any atom is -0.396 e. The van der Waals surface area contributed by atoms with Crippen molar-refractivity contribution in [2.75, 3.05) is 33.4 Å². The fraction of sp³-hybridized carbons (Fsp3) is 0.435. The lowest BCUT2D eigenvalue weighted by molar-refractivity contribution is -0.0261. The van der Waals surface area contributed by atoms with Gasteiger partial charge in [-0.25, -0.2) is 4.79 Å². The van der Waals surface area contributed by atoms with E-state index < -0.39 is 0 Å². The number of ether oxygens (including phenoxy) is 1. The van der Waals surface area contributed by atoms with Crippen molar-refractivity contribution in [3.63, 3.8) is 0 Å². The highest BCUT2D eigenvalue weighted by Gasteiger charge is 2.34. The van der Waals surface area contributed by atoms with E-state index in [1.807, 2.05) is 25.1 Å². The number of amides is 2. The normalized spacial score (nSPS) is 17.0. The molecule has 0 aromatic heterocycles. The Labute approximate surface area is 167 Å². The second-order valence-corrected chi connectivity index (χ2v) is 7.79. The van der Waals surface area contributed by atoms with Crippen LogP contribution in [0.15, 0.2) is 54.6 Å². The van der Waals surface area contributed by atoms with E-state index in [1.165, 1.54) is 5.56 Å². The van der Waals surface area contributed by atoms with Gasteiger partial charge >= 0.3 is 6.03 Å². The van der Waals surface area contributed by atoms with E-state index in [0.29, 0.717) is 19.8 Å². The first-order valence-electron chi connectivity index (χ1n) is 9.89. The molecule has 0 spiro atoms. The van der Waals surface area contributed by atoms with E-state index in [4.69, 9.17) is 4.74 Å². The van der Waals surface area contributed by atoms with Crippen molar-refractivity contribution in [2.24, 2.45) is 5.41 Å². The highest BCUT2D eigenvalue weighted by molar-refractivity contribution is 5.74. The number of carbonyl (C=O) groups excluding carboxylic acids is 1. The molecule has 2 aromatic rings. The number of aliphatic hydroxyl groups excluding tert-OH is 1. The fourth-order valence-corrected chi connectivity index (χ4v) is 3.72. The Morgan fingerprint density at radius 1 is 1.11 bits per heavy atom. The summed E-state index contributed by atoms with van der Waals surface area (Å²) in [6.45, 7) is 3.86. The van der Waals surface area contributed by atoms with Crippen LogP contribution in [0.1, 0.15) is 31.4 Å². The largest absolute Gasteiger partial charge is 0.396 e. The molecule has 2 amide bonds. The third-order valence-electron chi connectivity index (χ3n) is 5.67. The first-order valence-corrected chi connectivity index (χ1v) is 9.89. The molecule has 2 N–H and O–H groups in total. The molecule has 1 aliphatic rings. The molecular weight excluding hydrogens is 352 g/mol. The summed E-state index contributed by atoms with van der Waals surface area (Å²) in [7, 11) is 1.79. The summed E-state index contributed by atoms with van der Waals surface area (Å²) in [6, 6.07) is 18.3. The topological polar surface area (TPSA) is 61.8 Å². The van der Waals surface area contributed by atoms with E-state index in [9.17, 15) is 9.90 Å². The van der Waals surface area contributed by atoms with Gasteiger partial charge in [0, 0.05) is 32.2 Å². The van der Waals surface area contributed by atoms with Gasteiger partial charge in [0.1, 0.15) is 0 Å². The van der Waals surface area contributed by atoms with E-state index in [1.54, 1.807) is 11.9 Å².